The van der Waals surface area contributed by atoms with Gasteiger partial charge in [0, 0.05) is 13.0 Å². The molecule has 3 rings (SSSR count). The quantitative estimate of drug-likeness (QED) is 0.863. The summed E-state index contributed by atoms with van der Waals surface area (Å²) in [7, 11) is 0. The van der Waals surface area contributed by atoms with Crippen LogP contribution in [0.2, 0.25) is 0 Å². The van der Waals surface area contributed by atoms with Gasteiger partial charge in [0.15, 0.2) is 5.79 Å². The van der Waals surface area contributed by atoms with Gasteiger partial charge in [-0.1, -0.05) is 25.1 Å². The Balaban J connectivity index is 1.79. The molecule has 1 N–H and O–H groups in total. The summed E-state index contributed by atoms with van der Waals surface area (Å²) in [6.45, 7) is 3.07. The molecule has 5 heteroatoms. The van der Waals surface area contributed by atoms with Crippen LogP contribution >= 0.6 is 0 Å². The molecule has 2 atom stereocenters. The Morgan fingerprint density at radius 3 is 2.64 bits per heavy atom. The van der Waals surface area contributed by atoms with E-state index >= 15 is 0 Å². The van der Waals surface area contributed by atoms with E-state index in [4.69, 9.17) is 14.2 Å². The summed E-state index contributed by atoms with van der Waals surface area (Å²) in [5, 5.41) is 9.45. The van der Waals surface area contributed by atoms with Crippen molar-refractivity contribution in [2.24, 2.45) is 5.41 Å². The standard InChI is InChI=1S/C17H22O5/c1-16(9-10-18)14(7-8-17(16)20-11-12-21-17)22-15(19)13-5-3-2-4-6-13/h2-6,14,18H,7-12H2,1H3. The number of carbonyl (C=O) groups is 1. The number of esters is 1. The van der Waals surface area contributed by atoms with Crippen LogP contribution in [0.1, 0.15) is 36.5 Å². The molecule has 0 aromatic heterocycles. The average Bonchev–Trinajstić information content (AvgIpc) is 3.11. The normalized spacial score (nSPS) is 29.8. The van der Waals surface area contributed by atoms with E-state index in [1.165, 1.54) is 0 Å². The number of ether oxygens (including phenoxy) is 3. The monoisotopic (exact) mass is 306 g/mol. The van der Waals surface area contributed by atoms with Crippen molar-refractivity contribution in [2.45, 2.75) is 38.1 Å². The third-order valence-electron chi connectivity index (χ3n) is 4.96. The highest BCUT2D eigenvalue weighted by Gasteiger charge is 2.62. The summed E-state index contributed by atoms with van der Waals surface area (Å²) in [5.41, 5.74) is -0.00839. The lowest BCUT2D eigenvalue weighted by molar-refractivity contribution is -0.234. The second-order valence-corrected chi connectivity index (χ2v) is 6.14. The van der Waals surface area contributed by atoms with Crippen LogP contribution in [0, 0.1) is 5.41 Å². The molecule has 0 bridgehead atoms. The van der Waals surface area contributed by atoms with Gasteiger partial charge in [-0.15, -0.1) is 0 Å². The molecule has 0 amide bonds. The lowest BCUT2D eigenvalue weighted by atomic mass is 9.78. The minimum atomic E-state index is -0.739. The molecule has 1 saturated carbocycles. The van der Waals surface area contributed by atoms with E-state index in [1.54, 1.807) is 12.1 Å². The number of hydrogen-bond acceptors (Lipinski definition) is 5. The van der Waals surface area contributed by atoms with Crippen molar-refractivity contribution in [2.75, 3.05) is 19.8 Å². The lowest BCUT2D eigenvalue weighted by Crippen LogP contribution is -2.49. The first-order chi connectivity index (χ1) is 10.6. The molecule has 22 heavy (non-hydrogen) atoms. The van der Waals surface area contributed by atoms with Gasteiger partial charge in [0.2, 0.25) is 0 Å². The van der Waals surface area contributed by atoms with Crippen molar-refractivity contribution in [1.29, 1.82) is 0 Å². The fourth-order valence-corrected chi connectivity index (χ4v) is 3.64. The summed E-state index contributed by atoms with van der Waals surface area (Å²) in [5.74, 6) is -1.08. The van der Waals surface area contributed by atoms with Crippen LogP contribution in [0.3, 0.4) is 0 Å². The first kappa shape index (κ1) is 15.5. The number of rotatable bonds is 4. The smallest absolute Gasteiger partial charge is 0.338 e. The van der Waals surface area contributed by atoms with E-state index in [0.29, 0.717) is 38.0 Å². The van der Waals surface area contributed by atoms with Gasteiger partial charge < -0.3 is 19.3 Å². The Kier molecular flexibility index (Phi) is 4.21. The van der Waals surface area contributed by atoms with Gasteiger partial charge in [0.1, 0.15) is 6.10 Å². The van der Waals surface area contributed by atoms with Crippen LogP contribution in [0.25, 0.3) is 0 Å². The van der Waals surface area contributed by atoms with Gasteiger partial charge in [0.25, 0.3) is 0 Å². The molecule has 120 valence electrons. The zero-order valence-electron chi connectivity index (χ0n) is 12.8. The van der Waals surface area contributed by atoms with E-state index in [-0.39, 0.29) is 18.7 Å². The summed E-state index contributed by atoms with van der Waals surface area (Å²) in [6.07, 6.45) is 1.50. The van der Waals surface area contributed by atoms with Crippen molar-refractivity contribution in [3.8, 4) is 0 Å². The van der Waals surface area contributed by atoms with Crippen LogP contribution < -0.4 is 0 Å². The van der Waals surface area contributed by atoms with E-state index in [1.807, 2.05) is 25.1 Å². The predicted octanol–water partition coefficient (Wildman–Crippen LogP) is 2.14. The minimum Gasteiger partial charge on any atom is -0.458 e. The molecule has 1 aromatic rings. The van der Waals surface area contributed by atoms with Crippen LogP contribution in [-0.2, 0) is 14.2 Å². The molecule has 5 nitrogen and oxygen atoms in total. The van der Waals surface area contributed by atoms with Crippen molar-refractivity contribution < 1.29 is 24.1 Å². The topological polar surface area (TPSA) is 65.0 Å². The molecular formula is C17H22O5. The first-order valence-electron chi connectivity index (χ1n) is 7.76. The number of aliphatic hydroxyl groups excluding tert-OH is 1. The largest absolute Gasteiger partial charge is 0.458 e. The van der Waals surface area contributed by atoms with Crippen LogP contribution in [0.5, 0.6) is 0 Å². The average molecular weight is 306 g/mol. The van der Waals surface area contributed by atoms with Crippen molar-refractivity contribution >= 4 is 5.97 Å². The number of carbonyl (C=O) groups excluding carboxylic acids is 1. The molecule has 1 aromatic carbocycles. The van der Waals surface area contributed by atoms with Gasteiger partial charge in [-0.05, 0) is 25.0 Å². The fraction of sp³-hybridized carbons (Fsp3) is 0.588. The molecule has 2 aliphatic rings. The van der Waals surface area contributed by atoms with E-state index in [0.717, 1.165) is 0 Å². The van der Waals surface area contributed by atoms with E-state index in [9.17, 15) is 9.90 Å². The zero-order valence-corrected chi connectivity index (χ0v) is 12.8. The van der Waals surface area contributed by atoms with Gasteiger partial charge >= 0.3 is 5.97 Å². The maximum absolute atomic E-state index is 12.3. The highest BCUT2D eigenvalue weighted by Crippen LogP contribution is 2.54. The second kappa shape index (κ2) is 5.99. The lowest BCUT2D eigenvalue weighted by Gasteiger charge is -2.41. The maximum atomic E-state index is 12.3. The van der Waals surface area contributed by atoms with Crippen LogP contribution in [0.4, 0.5) is 0 Å². The van der Waals surface area contributed by atoms with Gasteiger partial charge in [-0.25, -0.2) is 4.79 Å². The maximum Gasteiger partial charge on any atom is 0.338 e. The fourth-order valence-electron chi connectivity index (χ4n) is 3.64. The summed E-state index contributed by atoms with van der Waals surface area (Å²) < 4.78 is 17.5. The SMILES string of the molecule is CC1(CCO)C(OC(=O)c2ccccc2)CCC12OCCO2. The predicted molar refractivity (Wildman–Crippen MR) is 79.3 cm³/mol. The molecule has 1 saturated heterocycles. The minimum absolute atomic E-state index is 0.00432. The van der Waals surface area contributed by atoms with Gasteiger partial charge in [0.05, 0.1) is 24.2 Å². The Morgan fingerprint density at radius 2 is 2.00 bits per heavy atom. The van der Waals surface area contributed by atoms with Crippen molar-refractivity contribution in [3.63, 3.8) is 0 Å². The summed E-state index contributed by atoms with van der Waals surface area (Å²) >= 11 is 0. The Morgan fingerprint density at radius 1 is 1.32 bits per heavy atom. The Hall–Kier alpha value is -1.43. The van der Waals surface area contributed by atoms with Gasteiger partial charge in [-0.3, -0.25) is 0 Å². The zero-order chi connectivity index (χ0) is 15.6. The van der Waals surface area contributed by atoms with Crippen molar-refractivity contribution in [1.82, 2.24) is 0 Å². The molecule has 1 aliphatic carbocycles. The number of aliphatic hydroxyl groups is 1. The summed E-state index contributed by atoms with van der Waals surface area (Å²) in [6, 6.07) is 8.95. The van der Waals surface area contributed by atoms with Crippen LogP contribution in [0.15, 0.2) is 30.3 Å². The molecule has 1 aliphatic heterocycles. The molecule has 1 heterocycles. The first-order valence-corrected chi connectivity index (χ1v) is 7.76. The highest BCUT2D eigenvalue weighted by molar-refractivity contribution is 5.89. The molecule has 2 fully saturated rings. The Labute approximate surface area is 130 Å². The summed E-state index contributed by atoms with van der Waals surface area (Å²) in [4.78, 5) is 12.3. The van der Waals surface area contributed by atoms with Crippen molar-refractivity contribution in [3.05, 3.63) is 35.9 Å². The third-order valence-corrected chi connectivity index (χ3v) is 4.96. The van der Waals surface area contributed by atoms with Crippen LogP contribution in [-0.4, -0.2) is 42.8 Å². The molecular weight excluding hydrogens is 284 g/mol. The number of benzene rings is 1. The third kappa shape index (κ3) is 2.43. The van der Waals surface area contributed by atoms with E-state index < -0.39 is 11.2 Å². The number of hydrogen-bond donors (Lipinski definition) is 1. The molecule has 1 spiro atoms. The molecule has 2 unspecified atom stereocenters. The second-order valence-electron chi connectivity index (χ2n) is 6.14. The van der Waals surface area contributed by atoms with E-state index in [2.05, 4.69) is 0 Å². The Bertz CT molecular complexity index is 523. The highest BCUT2D eigenvalue weighted by atomic mass is 16.7. The van der Waals surface area contributed by atoms with Gasteiger partial charge in [-0.2, -0.15) is 0 Å². The molecule has 0 radical (unpaired) electrons.